The number of nitrogens with one attached hydrogen (secondary N) is 2. The first-order valence-electron chi connectivity index (χ1n) is 9.69. The highest BCUT2D eigenvalue weighted by atomic mass is 79.9. The molecule has 1 amide bonds. The number of hydrogen-bond donors (Lipinski definition) is 2. The number of aromatic nitrogens is 2. The van der Waals surface area contributed by atoms with E-state index in [0.29, 0.717) is 28.3 Å². The summed E-state index contributed by atoms with van der Waals surface area (Å²) in [7, 11) is 3.05. The lowest BCUT2D eigenvalue weighted by molar-refractivity contribution is -0.113. The van der Waals surface area contributed by atoms with E-state index in [2.05, 4.69) is 26.6 Å². The van der Waals surface area contributed by atoms with E-state index in [1.807, 2.05) is 42.5 Å². The zero-order chi connectivity index (χ0) is 22.3. The maximum atomic E-state index is 13.4. The van der Waals surface area contributed by atoms with Crippen LogP contribution in [0.1, 0.15) is 24.0 Å². The van der Waals surface area contributed by atoms with E-state index < -0.39 is 17.2 Å². The lowest BCUT2D eigenvalue weighted by Gasteiger charge is -2.31. The van der Waals surface area contributed by atoms with E-state index in [-0.39, 0.29) is 5.91 Å². The van der Waals surface area contributed by atoms with Crippen molar-refractivity contribution in [2.75, 3.05) is 10.6 Å². The number of rotatable bonds is 3. The molecule has 2 aromatic carbocycles. The molecule has 0 bridgehead atoms. The number of carbonyl (C=O) groups excluding carboxylic acids is 1. The first-order chi connectivity index (χ1) is 14.8. The van der Waals surface area contributed by atoms with E-state index in [1.54, 1.807) is 26.1 Å². The molecule has 8 heteroatoms. The van der Waals surface area contributed by atoms with Crippen molar-refractivity contribution >= 4 is 33.3 Å². The van der Waals surface area contributed by atoms with E-state index in [1.165, 1.54) is 11.6 Å². The number of allylic oxidation sites excluding steroid dienone is 1. The molecule has 1 unspecified atom stereocenters. The molecule has 31 heavy (non-hydrogen) atoms. The first kappa shape index (κ1) is 20.9. The number of hydrogen-bond acceptors (Lipinski definition) is 4. The lowest BCUT2D eigenvalue weighted by Crippen LogP contribution is -2.43. The van der Waals surface area contributed by atoms with Crippen LogP contribution in [0.15, 0.2) is 79.9 Å². The Morgan fingerprint density at radius 2 is 1.74 bits per heavy atom. The molecule has 0 saturated heterocycles. The summed E-state index contributed by atoms with van der Waals surface area (Å²) in [6.45, 7) is 1.77. The summed E-state index contributed by atoms with van der Waals surface area (Å²) in [4.78, 5) is 39.1. The van der Waals surface area contributed by atoms with Crippen LogP contribution in [0, 0.1) is 0 Å². The topological polar surface area (TPSA) is 85.1 Å². The smallest absolute Gasteiger partial charge is 0.332 e. The van der Waals surface area contributed by atoms with Gasteiger partial charge in [0.15, 0.2) is 0 Å². The molecule has 1 atom stereocenters. The highest BCUT2D eigenvalue weighted by Gasteiger charge is 2.36. The minimum atomic E-state index is -0.650. The van der Waals surface area contributed by atoms with Crippen molar-refractivity contribution in [2.24, 2.45) is 14.1 Å². The van der Waals surface area contributed by atoms with Gasteiger partial charge in [0.1, 0.15) is 5.82 Å². The summed E-state index contributed by atoms with van der Waals surface area (Å²) in [5.74, 6) is -0.572. The van der Waals surface area contributed by atoms with Crippen LogP contribution in [0.5, 0.6) is 0 Å². The van der Waals surface area contributed by atoms with Crippen molar-refractivity contribution in [3.63, 3.8) is 0 Å². The predicted molar refractivity (Wildman–Crippen MR) is 124 cm³/mol. The Balaban J connectivity index is 1.96. The Morgan fingerprint density at radius 1 is 1.03 bits per heavy atom. The first-order valence-corrected chi connectivity index (χ1v) is 10.5. The molecule has 0 spiro atoms. The largest absolute Gasteiger partial charge is 0.344 e. The monoisotopic (exact) mass is 480 g/mol. The quantitative estimate of drug-likeness (QED) is 0.601. The second-order valence-corrected chi connectivity index (χ2v) is 8.36. The van der Waals surface area contributed by atoms with E-state index in [9.17, 15) is 14.4 Å². The molecule has 3 aromatic rings. The Labute approximate surface area is 187 Å². The maximum Gasteiger partial charge on any atom is 0.332 e. The summed E-state index contributed by atoms with van der Waals surface area (Å²) < 4.78 is 3.29. The average Bonchev–Trinajstić information content (AvgIpc) is 2.76. The fraction of sp³-hybridized carbons (Fsp3) is 0.174. The Bertz CT molecular complexity index is 1340. The molecular formula is C23H21BrN4O3. The highest BCUT2D eigenvalue weighted by molar-refractivity contribution is 9.10. The standard InChI is InChI=1S/C23H21BrN4O3/c1-13-17(21(29)26-16-10-5-4-6-11-16)18(14-8-7-9-15(24)12-14)19-20(25-13)27(2)23(31)28(3)22(19)30/h4-12,18,25H,1-3H3,(H,26,29). The summed E-state index contributed by atoms with van der Waals surface area (Å²) in [5, 5.41) is 6.05. The zero-order valence-corrected chi connectivity index (χ0v) is 18.9. The van der Waals surface area contributed by atoms with Crippen LogP contribution in [-0.2, 0) is 18.9 Å². The van der Waals surface area contributed by atoms with Gasteiger partial charge in [-0.15, -0.1) is 0 Å². The summed E-state index contributed by atoms with van der Waals surface area (Å²) in [6, 6.07) is 16.6. The third-order valence-corrected chi connectivity index (χ3v) is 5.94. The zero-order valence-electron chi connectivity index (χ0n) is 17.3. The van der Waals surface area contributed by atoms with Crippen LogP contribution in [0.3, 0.4) is 0 Å². The number of benzene rings is 2. The third kappa shape index (κ3) is 3.63. The number of fused-ring (bicyclic) bond motifs is 1. The molecule has 0 aliphatic carbocycles. The van der Waals surface area contributed by atoms with Gasteiger partial charge in [-0.3, -0.25) is 18.7 Å². The second-order valence-electron chi connectivity index (χ2n) is 7.44. The van der Waals surface area contributed by atoms with Gasteiger partial charge < -0.3 is 10.6 Å². The van der Waals surface area contributed by atoms with Gasteiger partial charge in [-0.2, -0.15) is 0 Å². The summed E-state index contributed by atoms with van der Waals surface area (Å²) >= 11 is 3.48. The SMILES string of the molecule is CC1=C(C(=O)Nc2ccccc2)C(c2cccc(Br)c2)c2c(n(C)c(=O)n(C)c2=O)N1. The van der Waals surface area contributed by atoms with Crippen molar-refractivity contribution in [3.8, 4) is 0 Å². The maximum absolute atomic E-state index is 13.4. The van der Waals surface area contributed by atoms with Crippen molar-refractivity contribution in [2.45, 2.75) is 12.8 Å². The molecule has 7 nitrogen and oxygen atoms in total. The van der Waals surface area contributed by atoms with Crippen LogP contribution in [0.4, 0.5) is 11.5 Å². The van der Waals surface area contributed by atoms with Gasteiger partial charge in [0.2, 0.25) is 0 Å². The van der Waals surface area contributed by atoms with Gasteiger partial charge in [-0.25, -0.2) is 4.79 Å². The lowest BCUT2D eigenvalue weighted by atomic mass is 9.81. The molecular weight excluding hydrogens is 460 g/mol. The number of carbonyl (C=O) groups is 1. The number of amides is 1. The number of anilines is 2. The van der Waals surface area contributed by atoms with Gasteiger partial charge in [-0.05, 0) is 36.8 Å². The molecule has 1 aromatic heterocycles. The predicted octanol–water partition coefficient (Wildman–Crippen LogP) is 3.32. The molecule has 2 N–H and O–H groups in total. The average molecular weight is 481 g/mol. The van der Waals surface area contributed by atoms with Gasteiger partial charge in [0, 0.05) is 35.5 Å². The van der Waals surface area contributed by atoms with Crippen molar-refractivity contribution in [1.29, 1.82) is 0 Å². The molecule has 4 rings (SSSR count). The summed E-state index contributed by atoms with van der Waals surface area (Å²) in [5.41, 5.74) is 1.90. The van der Waals surface area contributed by atoms with Gasteiger partial charge >= 0.3 is 5.69 Å². The fourth-order valence-electron chi connectivity index (χ4n) is 3.93. The van der Waals surface area contributed by atoms with Gasteiger partial charge in [0.05, 0.1) is 11.5 Å². The Hall–Kier alpha value is -3.39. The minimum absolute atomic E-state index is 0.317. The number of para-hydroxylation sites is 1. The molecule has 1 aliphatic heterocycles. The van der Waals surface area contributed by atoms with Gasteiger partial charge in [-0.1, -0.05) is 46.3 Å². The number of halogens is 1. The molecule has 0 radical (unpaired) electrons. The Kier molecular flexibility index (Phi) is 5.41. The fourth-order valence-corrected chi connectivity index (χ4v) is 4.35. The highest BCUT2D eigenvalue weighted by Crippen LogP contribution is 2.40. The van der Waals surface area contributed by atoms with Crippen LogP contribution < -0.4 is 21.9 Å². The van der Waals surface area contributed by atoms with E-state index in [0.717, 1.165) is 14.6 Å². The normalized spacial score (nSPS) is 15.3. The van der Waals surface area contributed by atoms with Crippen molar-refractivity contribution in [3.05, 3.63) is 102 Å². The van der Waals surface area contributed by atoms with Crippen molar-refractivity contribution in [1.82, 2.24) is 9.13 Å². The van der Waals surface area contributed by atoms with Crippen LogP contribution in [0.25, 0.3) is 0 Å². The van der Waals surface area contributed by atoms with E-state index >= 15 is 0 Å². The molecule has 0 fully saturated rings. The third-order valence-electron chi connectivity index (χ3n) is 5.44. The van der Waals surface area contributed by atoms with Crippen LogP contribution >= 0.6 is 15.9 Å². The second kappa shape index (κ2) is 8.03. The van der Waals surface area contributed by atoms with Crippen molar-refractivity contribution < 1.29 is 4.79 Å². The molecule has 158 valence electrons. The number of nitrogens with zero attached hydrogens (tertiary/aromatic N) is 2. The minimum Gasteiger partial charge on any atom is -0.344 e. The summed E-state index contributed by atoms with van der Waals surface area (Å²) in [6.07, 6.45) is 0. The van der Waals surface area contributed by atoms with E-state index in [4.69, 9.17) is 0 Å². The van der Waals surface area contributed by atoms with Crippen LogP contribution in [-0.4, -0.2) is 15.0 Å². The van der Waals surface area contributed by atoms with Crippen LogP contribution in [0.2, 0.25) is 0 Å². The van der Waals surface area contributed by atoms with Gasteiger partial charge in [0.25, 0.3) is 11.5 Å². The molecule has 1 aliphatic rings. The Morgan fingerprint density at radius 3 is 2.42 bits per heavy atom. The molecule has 2 heterocycles. The molecule has 0 saturated carbocycles.